The molecule has 0 radical (unpaired) electrons. The van der Waals surface area contributed by atoms with Crippen molar-refractivity contribution in [3.63, 3.8) is 0 Å². The Kier molecular flexibility index (Phi) is 4.33. The Morgan fingerprint density at radius 1 is 1.42 bits per heavy atom. The predicted octanol–water partition coefficient (Wildman–Crippen LogP) is 4.22. The maximum atomic E-state index is 12.3. The van der Waals surface area contributed by atoms with Gasteiger partial charge in [0.1, 0.15) is 5.15 Å². The number of aryl methyl sites for hydroxylation is 2. The van der Waals surface area contributed by atoms with Gasteiger partial charge in [0.25, 0.3) is 0 Å². The lowest BCUT2D eigenvalue weighted by Crippen LogP contribution is -2.05. The minimum absolute atomic E-state index is 0.0264. The van der Waals surface area contributed by atoms with Crippen LogP contribution < -0.4 is 0 Å². The molecule has 0 N–H and O–H groups in total. The zero-order chi connectivity index (χ0) is 14.2. The van der Waals surface area contributed by atoms with E-state index in [-0.39, 0.29) is 12.2 Å². The molecule has 0 saturated carbocycles. The van der Waals surface area contributed by atoms with Gasteiger partial charge in [0.05, 0.1) is 5.69 Å². The SMILES string of the molecule is Cc1nn(C)c(Cl)c1CC(=O)c1ccc(Cl)cc1Br. The topological polar surface area (TPSA) is 34.9 Å². The number of aromatic nitrogens is 2. The maximum absolute atomic E-state index is 12.3. The van der Waals surface area contributed by atoms with E-state index in [1.54, 1.807) is 29.9 Å². The highest BCUT2D eigenvalue weighted by atomic mass is 79.9. The van der Waals surface area contributed by atoms with E-state index in [0.717, 1.165) is 11.3 Å². The molecule has 2 rings (SSSR count). The Bertz CT molecular complexity index is 652. The number of Topliss-reactive ketones (excluding diaryl/α,β-unsaturated/α-hetero) is 1. The number of rotatable bonds is 3. The van der Waals surface area contributed by atoms with Crippen LogP contribution in [0.5, 0.6) is 0 Å². The number of halogens is 3. The molecule has 0 saturated heterocycles. The Balaban J connectivity index is 2.31. The fourth-order valence-corrected chi connectivity index (χ4v) is 2.99. The van der Waals surface area contributed by atoms with Gasteiger partial charge in [0.2, 0.25) is 0 Å². The smallest absolute Gasteiger partial charge is 0.168 e. The van der Waals surface area contributed by atoms with Crippen molar-refractivity contribution in [2.75, 3.05) is 0 Å². The molecule has 0 fully saturated rings. The maximum Gasteiger partial charge on any atom is 0.168 e. The molecule has 0 spiro atoms. The second-order valence-corrected chi connectivity index (χ2v) is 5.85. The van der Waals surface area contributed by atoms with Crippen LogP contribution in [0.25, 0.3) is 0 Å². The second kappa shape index (κ2) is 5.65. The van der Waals surface area contributed by atoms with Crippen molar-refractivity contribution in [3.05, 3.63) is 49.7 Å². The Morgan fingerprint density at radius 3 is 2.63 bits per heavy atom. The molecule has 0 aliphatic heterocycles. The quantitative estimate of drug-likeness (QED) is 0.767. The number of carbonyl (C=O) groups is 1. The lowest BCUT2D eigenvalue weighted by molar-refractivity contribution is 0.0992. The van der Waals surface area contributed by atoms with E-state index in [9.17, 15) is 4.79 Å². The Morgan fingerprint density at radius 2 is 2.11 bits per heavy atom. The van der Waals surface area contributed by atoms with Gasteiger partial charge in [-0.3, -0.25) is 9.48 Å². The number of hydrogen-bond acceptors (Lipinski definition) is 2. The van der Waals surface area contributed by atoms with Crippen molar-refractivity contribution >= 4 is 44.9 Å². The first-order valence-electron chi connectivity index (χ1n) is 5.56. The summed E-state index contributed by atoms with van der Waals surface area (Å²) in [6.45, 7) is 1.84. The predicted molar refractivity (Wildman–Crippen MR) is 80.1 cm³/mol. The summed E-state index contributed by atoms with van der Waals surface area (Å²) in [4.78, 5) is 12.3. The third kappa shape index (κ3) is 3.02. The highest BCUT2D eigenvalue weighted by Gasteiger charge is 2.17. The van der Waals surface area contributed by atoms with Gasteiger partial charge in [-0.2, -0.15) is 5.10 Å². The van der Waals surface area contributed by atoms with E-state index < -0.39 is 0 Å². The molecule has 0 aliphatic carbocycles. The van der Waals surface area contributed by atoms with Gasteiger partial charge < -0.3 is 0 Å². The van der Waals surface area contributed by atoms with E-state index >= 15 is 0 Å². The normalized spacial score (nSPS) is 10.8. The van der Waals surface area contributed by atoms with Crippen LogP contribution >= 0.6 is 39.1 Å². The first-order valence-corrected chi connectivity index (χ1v) is 7.11. The molecule has 0 bridgehead atoms. The minimum Gasteiger partial charge on any atom is -0.294 e. The first kappa shape index (κ1) is 14.6. The van der Waals surface area contributed by atoms with Gasteiger partial charge in [-0.25, -0.2) is 0 Å². The fourth-order valence-electron chi connectivity index (χ4n) is 1.85. The summed E-state index contributed by atoms with van der Waals surface area (Å²) in [7, 11) is 1.75. The summed E-state index contributed by atoms with van der Waals surface area (Å²) < 4.78 is 2.25. The first-order chi connectivity index (χ1) is 8.90. The molecule has 1 heterocycles. The Labute approximate surface area is 129 Å². The molecule has 1 aromatic heterocycles. The van der Waals surface area contributed by atoms with Crippen LogP contribution in [-0.2, 0) is 13.5 Å². The fraction of sp³-hybridized carbons (Fsp3) is 0.231. The van der Waals surface area contributed by atoms with Gasteiger partial charge in [-0.1, -0.05) is 23.2 Å². The van der Waals surface area contributed by atoms with Crippen LogP contribution in [0.4, 0.5) is 0 Å². The van der Waals surface area contributed by atoms with Crippen molar-refractivity contribution in [1.82, 2.24) is 9.78 Å². The highest BCUT2D eigenvalue weighted by molar-refractivity contribution is 9.10. The lowest BCUT2D eigenvalue weighted by atomic mass is 10.0. The molecule has 6 heteroatoms. The molecule has 100 valence electrons. The van der Waals surface area contributed by atoms with Gasteiger partial charge in [0.15, 0.2) is 5.78 Å². The molecule has 0 unspecified atom stereocenters. The highest BCUT2D eigenvalue weighted by Crippen LogP contribution is 2.25. The molecular weight excluding hydrogens is 351 g/mol. The molecule has 0 aliphatic rings. The minimum atomic E-state index is -0.0264. The van der Waals surface area contributed by atoms with Crippen LogP contribution in [0, 0.1) is 6.92 Å². The summed E-state index contributed by atoms with van der Waals surface area (Å²) in [6, 6.07) is 5.10. The third-order valence-electron chi connectivity index (χ3n) is 2.84. The number of nitrogens with zero attached hydrogens (tertiary/aromatic N) is 2. The van der Waals surface area contributed by atoms with Crippen molar-refractivity contribution < 1.29 is 4.79 Å². The zero-order valence-corrected chi connectivity index (χ0v) is 13.5. The van der Waals surface area contributed by atoms with Crippen LogP contribution in [0.15, 0.2) is 22.7 Å². The van der Waals surface area contributed by atoms with Crippen molar-refractivity contribution in [1.29, 1.82) is 0 Å². The molecule has 2 aromatic rings. The van der Waals surface area contributed by atoms with Gasteiger partial charge in [-0.05, 0) is 41.1 Å². The standard InChI is InChI=1S/C13H11BrCl2N2O/c1-7-10(13(16)18(2)17-7)6-12(19)9-4-3-8(15)5-11(9)14/h3-5H,6H2,1-2H3. The lowest BCUT2D eigenvalue weighted by Gasteiger charge is -2.04. The number of carbonyl (C=O) groups excluding carboxylic acids is 1. The molecule has 0 amide bonds. The van der Waals surface area contributed by atoms with E-state index in [1.165, 1.54) is 0 Å². The second-order valence-electron chi connectivity index (χ2n) is 4.20. The summed E-state index contributed by atoms with van der Waals surface area (Å²) in [5, 5.41) is 5.27. The van der Waals surface area contributed by atoms with Crippen LogP contribution in [0.2, 0.25) is 10.2 Å². The molecule has 0 atom stereocenters. The number of ketones is 1. The van der Waals surface area contributed by atoms with Gasteiger partial charge in [0, 0.05) is 34.1 Å². The van der Waals surface area contributed by atoms with Crippen LogP contribution in [-0.4, -0.2) is 15.6 Å². The number of benzene rings is 1. The van der Waals surface area contributed by atoms with Gasteiger partial charge in [-0.15, -0.1) is 0 Å². The molecular formula is C13H11BrCl2N2O. The number of hydrogen-bond donors (Lipinski definition) is 0. The largest absolute Gasteiger partial charge is 0.294 e. The van der Waals surface area contributed by atoms with Crippen LogP contribution in [0.3, 0.4) is 0 Å². The Hall–Kier alpha value is -0.840. The van der Waals surface area contributed by atoms with E-state index in [0.29, 0.717) is 20.2 Å². The van der Waals surface area contributed by atoms with E-state index in [1.807, 2.05) is 6.92 Å². The average molecular weight is 362 g/mol. The van der Waals surface area contributed by atoms with E-state index in [2.05, 4.69) is 21.0 Å². The van der Waals surface area contributed by atoms with Crippen molar-refractivity contribution in [2.45, 2.75) is 13.3 Å². The van der Waals surface area contributed by atoms with Crippen molar-refractivity contribution in [3.8, 4) is 0 Å². The molecule has 3 nitrogen and oxygen atoms in total. The molecule has 19 heavy (non-hydrogen) atoms. The average Bonchev–Trinajstić information content (AvgIpc) is 2.56. The molecule has 1 aromatic carbocycles. The van der Waals surface area contributed by atoms with Crippen molar-refractivity contribution in [2.24, 2.45) is 7.05 Å². The van der Waals surface area contributed by atoms with E-state index in [4.69, 9.17) is 23.2 Å². The third-order valence-corrected chi connectivity index (χ3v) is 4.20. The summed E-state index contributed by atoms with van der Waals surface area (Å²) in [5.41, 5.74) is 2.12. The summed E-state index contributed by atoms with van der Waals surface area (Å²) in [6.07, 6.45) is 0.221. The zero-order valence-electron chi connectivity index (χ0n) is 10.4. The van der Waals surface area contributed by atoms with Crippen LogP contribution in [0.1, 0.15) is 21.6 Å². The summed E-state index contributed by atoms with van der Waals surface area (Å²) in [5.74, 6) is -0.0264. The monoisotopic (exact) mass is 360 g/mol. The summed E-state index contributed by atoms with van der Waals surface area (Å²) >= 11 is 15.3. The van der Waals surface area contributed by atoms with Gasteiger partial charge >= 0.3 is 0 Å².